The van der Waals surface area contributed by atoms with Crippen LogP contribution < -0.4 is 0 Å². The summed E-state index contributed by atoms with van der Waals surface area (Å²) >= 11 is 0. The zero-order chi connectivity index (χ0) is 25.5. The molecule has 0 spiro atoms. The Hall–Kier alpha value is -4.70. The zero-order valence-corrected chi connectivity index (χ0v) is 18.8. The van der Waals surface area contributed by atoms with Crippen LogP contribution in [0.2, 0.25) is 0 Å². The van der Waals surface area contributed by atoms with Gasteiger partial charge < -0.3 is 9.47 Å². The highest BCUT2D eigenvalue weighted by atomic mass is 16.6. The maximum absolute atomic E-state index is 12.3. The number of ether oxygens (including phenoxy) is 2. The normalized spacial score (nSPS) is 10.6. The number of esters is 2. The smallest absolute Gasteiger partial charge is 0.339 e. The van der Waals surface area contributed by atoms with Gasteiger partial charge in [0.25, 0.3) is 11.4 Å². The molecule has 0 fully saturated rings. The Balaban J connectivity index is 2.01. The molecule has 0 heterocycles. The second-order valence-corrected chi connectivity index (χ2v) is 7.91. The predicted molar refractivity (Wildman–Crippen MR) is 121 cm³/mol. The molecule has 0 amide bonds. The number of benzene rings is 2. The Morgan fingerprint density at radius 2 is 0.971 bits per heavy atom. The summed E-state index contributed by atoms with van der Waals surface area (Å²) in [7, 11) is 0. The van der Waals surface area contributed by atoms with Crippen LogP contribution in [0.4, 0.5) is 11.4 Å². The number of nitro benzene ring substituents is 2. The lowest BCUT2D eigenvalue weighted by atomic mass is 10.1. The number of hydrogen-bond donors (Lipinski definition) is 0. The number of nitrogens with zero attached hydrogens (tertiary/aromatic N) is 2. The minimum absolute atomic E-state index is 0.130. The summed E-state index contributed by atoms with van der Waals surface area (Å²) < 4.78 is 10.6. The van der Waals surface area contributed by atoms with Gasteiger partial charge in [-0.05, 0) is 75.6 Å². The molecule has 10 nitrogen and oxygen atoms in total. The molecule has 0 aromatic heterocycles. The van der Waals surface area contributed by atoms with Crippen LogP contribution in [0.1, 0.15) is 48.4 Å². The van der Waals surface area contributed by atoms with Crippen LogP contribution in [0, 0.1) is 43.9 Å². The fourth-order valence-electron chi connectivity index (χ4n) is 2.43. The van der Waals surface area contributed by atoms with Gasteiger partial charge >= 0.3 is 11.9 Å². The lowest BCUT2D eigenvalue weighted by molar-refractivity contribution is -0.385. The van der Waals surface area contributed by atoms with Crippen LogP contribution in [0.3, 0.4) is 0 Å². The number of hydrogen-bond acceptors (Lipinski definition) is 8. The van der Waals surface area contributed by atoms with E-state index in [-0.39, 0.29) is 22.5 Å². The van der Waals surface area contributed by atoms with E-state index in [1.165, 1.54) is 48.5 Å². The van der Waals surface area contributed by atoms with Crippen molar-refractivity contribution in [3.63, 3.8) is 0 Å². The highest BCUT2D eigenvalue weighted by Gasteiger charge is 2.23. The van der Waals surface area contributed by atoms with Gasteiger partial charge in [-0.3, -0.25) is 20.2 Å². The van der Waals surface area contributed by atoms with Gasteiger partial charge in [0, 0.05) is 24.3 Å². The van der Waals surface area contributed by atoms with Crippen molar-refractivity contribution in [3.05, 3.63) is 79.9 Å². The first-order valence-electron chi connectivity index (χ1n) is 9.79. The molecule has 0 bridgehead atoms. The summed E-state index contributed by atoms with van der Waals surface area (Å²) in [6.07, 6.45) is 0. The van der Waals surface area contributed by atoms with Crippen molar-refractivity contribution in [2.75, 3.05) is 0 Å². The van der Waals surface area contributed by atoms with Gasteiger partial charge in [-0.25, -0.2) is 9.59 Å². The van der Waals surface area contributed by atoms with Crippen LogP contribution in [-0.2, 0) is 9.47 Å². The SMILES string of the molecule is CC(C)(C#CC#CC(C)(C)OC(=O)c1ccc([N+](=O)[O-])cc1)OC(=O)c1ccc([N+](=O)[O-])cc1. The van der Waals surface area contributed by atoms with E-state index in [2.05, 4.69) is 23.7 Å². The first-order valence-corrected chi connectivity index (χ1v) is 9.79. The van der Waals surface area contributed by atoms with Crippen molar-refractivity contribution in [3.8, 4) is 23.7 Å². The average Bonchev–Trinajstić information content (AvgIpc) is 2.76. The van der Waals surface area contributed by atoms with Gasteiger partial charge in [0.15, 0.2) is 11.2 Å². The van der Waals surface area contributed by atoms with E-state index in [1.54, 1.807) is 27.7 Å². The number of carbonyl (C=O) groups is 2. The van der Waals surface area contributed by atoms with Gasteiger partial charge in [-0.1, -0.05) is 0 Å². The summed E-state index contributed by atoms with van der Waals surface area (Å²) in [5.74, 6) is 9.05. The molecule has 0 aliphatic heterocycles. The number of rotatable bonds is 6. The molecule has 0 N–H and O–H groups in total. The molecule has 0 saturated carbocycles. The summed E-state index contributed by atoms with van der Waals surface area (Å²) in [5.41, 5.74) is -2.47. The molecule has 0 aliphatic carbocycles. The van der Waals surface area contributed by atoms with E-state index >= 15 is 0 Å². The van der Waals surface area contributed by atoms with Crippen LogP contribution in [-0.4, -0.2) is 33.0 Å². The lowest BCUT2D eigenvalue weighted by Gasteiger charge is -2.19. The Kier molecular flexibility index (Phi) is 7.73. The number of carbonyl (C=O) groups excluding carboxylic acids is 2. The van der Waals surface area contributed by atoms with E-state index < -0.39 is 33.0 Å². The van der Waals surface area contributed by atoms with Crippen LogP contribution in [0.25, 0.3) is 0 Å². The first-order chi connectivity index (χ1) is 15.8. The summed E-state index contributed by atoms with van der Waals surface area (Å²) in [5, 5.41) is 21.4. The quantitative estimate of drug-likeness (QED) is 0.270. The van der Waals surface area contributed by atoms with Crippen molar-refractivity contribution in [2.24, 2.45) is 0 Å². The van der Waals surface area contributed by atoms with Gasteiger partial charge in [-0.2, -0.15) is 0 Å². The molecule has 2 aromatic carbocycles. The molecule has 10 heteroatoms. The highest BCUT2D eigenvalue weighted by molar-refractivity contribution is 5.90. The Morgan fingerprint density at radius 1 is 0.676 bits per heavy atom. The summed E-state index contributed by atoms with van der Waals surface area (Å²) in [6.45, 7) is 6.19. The molecular weight excluding hydrogens is 444 g/mol. The minimum Gasteiger partial charge on any atom is -0.443 e. The first kappa shape index (κ1) is 25.6. The molecule has 0 radical (unpaired) electrons. The van der Waals surface area contributed by atoms with E-state index in [0.29, 0.717) is 0 Å². The van der Waals surface area contributed by atoms with Crippen LogP contribution >= 0.6 is 0 Å². The Bertz CT molecular complexity index is 1140. The van der Waals surface area contributed by atoms with E-state index in [4.69, 9.17) is 9.47 Å². The molecule has 0 unspecified atom stereocenters. The lowest BCUT2D eigenvalue weighted by Crippen LogP contribution is -2.26. The highest BCUT2D eigenvalue weighted by Crippen LogP contribution is 2.17. The third-order valence-electron chi connectivity index (χ3n) is 4.11. The largest absolute Gasteiger partial charge is 0.443 e. The van der Waals surface area contributed by atoms with Crippen molar-refractivity contribution in [1.82, 2.24) is 0 Å². The van der Waals surface area contributed by atoms with Gasteiger partial charge in [0.05, 0.1) is 21.0 Å². The second kappa shape index (κ2) is 10.3. The molecule has 2 rings (SSSR count). The molecule has 0 atom stereocenters. The van der Waals surface area contributed by atoms with Crippen molar-refractivity contribution < 1.29 is 28.9 Å². The molecular formula is C24H20N2O8. The van der Waals surface area contributed by atoms with Crippen molar-refractivity contribution in [2.45, 2.75) is 38.9 Å². The fourth-order valence-corrected chi connectivity index (χ4v) is 2.43. The maximum Gasteiger partial charge on any atom is 0.339 e. The summed E-state index contributed by atoms with van der Waals surface area (Å²) in [6, 6.07) is 9.91. The molecule has 174 valence electrons. The fraction of sp³-hybridized carbons (Fsp3) is 0.250. The topological polar surface area (TPSA) is 139 Å². The zero-order valence-electron chi connectivity index (χ0n) is 18.8. The minimum atomic E-state index is -1.22. The van der Waals surface area contributed by atoms with E-state index in [9.17, 15) is 29.8 Å². The Labute approximate surface area is 195 Å². The molecule has 0 aliphatic rings. The predicted octanol–water partition coefficient (Wildman–Crippen LogP) is 4.08. The number of nitro groups is 2. The van der Waals surface area contributed by atoms with Gasteiger partial charge in [0.1, 0.15) is 0 Å². The van der Waals surface area contributed by atoms with Crippen LogP contribution in [0.15, 0.2) is 48.5 Å². The molecule has 34 heavy (non-hydrogen) atoms. The number of non-ortho nitro benzene ring substituents is 2. The van der Waals surface area contributed by atoms with E-state index in [1.807, 2.05) is 0 Å². The third-order valence-corrected chi connectivity index (χ3v) is 4.11. The average molecular weight is 464 g/mol. The van der Waals surface area contributed by atoms with Crippen molar-refractivity contribution >= 4 is 23.3 Å². The molecule has 0 saturated heterocycles. The van der Waals surface area contributed by atoms with Gasteiger partial charge in [0.2, 0.25) is 0 Å². The monoisotopic (exact) mass is 464 g/mol. The third kappa shape index (κ3) is 7.46. The second-order valence-electron chi connectivity index (χ2n) is 7.91. The van der Waals surface area contributed by atoms with Gasteiger partial charge in [-0.15, -0.1) is 0 Å². The van der Waals surface area contributed by atoms with Crippen LogP contribution in [0.5, 0.6) is 0 Å². The van der Waals surface area contributed by atoms with E-state index in [0.717, 1.165) is 0 Å². The standard InChI is InChI=1S/C24H20N2O8/c1-23(2,33-21(27)17-7-11-19(12-8-17)25(29)30)15-5-6-16-24(3,4)34-22(28)18-9-13-20(14-10-18)26(31)32/h7-14H,1-4H3. The maximum atomic E-state index is 12.3. The summed E-state index contributed by atoms with van der Waals surface area (Å²) in [4.78, 5) is 44.8. The Morgan fingerprint density at radius 3 is 1.24 bits per heavy atom. The molecule has 2 aromatic rings. The van der Waals surface area contributed by atoms with Crippen molar-refractivity contribution in [1.29, 1.82) is 0 Å².